The maximum absolute atomic E-state index is 12.1. The van der Waals surface area contributed by atoms with Crippen LogP contribution in [-0.2, 0) is 19.1 Å². The van der Waals surface area contributed by atoms with Crippen molar-refractivity contribution in [1.29, 1.82) is 0 Å². The van der Waals surface area contributed by atoms with Gasteiger partial charge in [0.2, 0.25) is 0 Å². The molecule has 0 bridgehead atoms. The zero-order valence-corrected chi connectivity index (χ0v) is 20.6. The normalized spacial score (nSPS) is 12.4. The Morgan fingerprint density at radius 3 is 1.76 bits per heavy atom. The summed E-state index contributed by atoms with van der Waals surface area (Å²) in [7, 11) is 6.06. The number of halogens is 1. The number of carbonyl (C=O) groups excluding carboxylic acids is 2. The number of rotatable bonds is 17. The number of likely N-dealkylation sites (N-methyl/N-ethyl adjacent to an activating group) is 1. The number of nitrogens with zero attached hydrogens (tertiary/aromatic N) is 1. The van der Waals surface area contributed by atoms with Crippen LogP contribution in [0.1, 0.15) is 91.4 Å². The largest absolute Gasteiger partial charge is 1.00 e. The van der Waals surface area contributed by atoms with Crippen molar-refractivity contribution < 1.29 is 36.0 Å². The first kappa shape index (κ1) is 30.4. The summed E-state index contributed by atoms with van der Waals surface area (Å²) in [6.07, 6.45) is 12.2. The highest BCUT2D eigenvalue weighted by molar-refractivity contribution is 5.73. The molecule has 0 aromatic heterocycles. The Morgan fingerprint density at radius 1 is 0.828 bits per heavy atom. The minimum Gasteiger partial charge on any atom is -1.00 e. The van der Waals surface area contributed by atoms with E-state index in [-0.39, 0.29) is 36.7 Å². The van der Waals surface area contributed by atoms with Crippen LogP contribution in [0.4, 0.5) is 0 Å². The molecule has 0 aliphatic heterocycles. The third-order valence-electron chi connectivity index (χ3n) is 4.66. The lowest BCUT2D eigenvalue weighted by molar-refractivity contribution is -0.873. The van der Waals surface area contributed by atoms with Gasteiger partial charge in [-0.25, -0.2) is 0 Å². The van der Waals surface area contributed by atoms with Crippen LogP contribution in [0.15, 0.2) is 0 Å². The van der Waals surface area contributed by atoms with E-state index in [1.807, 2.05) is 21.1 Å². The molecule has 0 aromatic rings. The molecule has 29 heavy (non-hydrogen) atoms. The minimum absolute atomic E-state index is 0. The maximum atomic E-state index is 12.1. The minimum atomic E-state index is -0.435. The number of hydrogen-bond donors (Lipinski definition) is 0. The Bertz CT molecular complexity index is 422. The van der Waals surface area contributed by atoms with Crippen molar-refractivity contribution in [2.75, 3.05) is 34.3 Å². The number of unbranched alkanes of at least 4 members (excludes halogenated alkanes) is 9. The van der Waals surface area contributed by atoms with Gasteiger partial charge in [0.15, 0.2) is 6.10 Å². The predicted octanol–water partition coefficient (Wildman–Crippen LogP) is 2.12. The van der Waals surface area contributed by atoms with E-state index in [0.717, 1.165) is 12.8 Å². The van der Waals surface area contributed by atoms with Gasteiger partial charge in [0.25, 0.3) is 0 Å². The summed E-state index contributed by atoms with van der Waals surface area (Å²) >= 11 is 0. The van der Waals surface area contributed by atoms with Gasteiger partial charge in [0.05, 0.1) is 40.1 Å². The molecule has 0 saturated heterocycles. The molecule has 0 radical (unpaired) electrons. The second-order valence-electron chi connectivity index (χ2n) is 9.29. The topological polar surface area (TPSA) is 52.6 Å². The molecular formula is C23H46ClNO4. The van der Waals surface area contributed by atoms with Gasteiger partial charge in [-0.2, -0.15) is 0 Å². The van der Waals surface area contributed by atoms with Crippen molar-refractivity contribution in [1.82, 2.24) is 0 Å². The highest BCUT2D eigenvalue weighted by Crippen LogP contribution is 2.12. The summed E-state index contributed by atoms with van der Waals surface area (Å²) in [4.78, 5) is 24.0. The molecule has 0 aliphatic rings. The molecule has 0 unspecified atom stereocenters. The van der Waals surface area contributed by atoms with Gasteiger partial charge in [-0.1, -0.05) is 78.6 Å². The fourth-order valence-electron chi connectivity index (χ4n) is 3.08. The van der Waals surface area contributed by atoms with Gasteiger partial charge >= 0.3 is 11.9 Å². The van der Waals surface area contributed by atoms with E-state index in [4.69, 9.17) is 9.47 Å². The van der Waals surface area contributed by atoms with Gasteiger partial charge in [-0.3, -0.25) is 9.59 Å². The summed E-state index contributed by atoms with van der Waals surface area (Å²) < 4.78 is 11.5. The van der Waals surface area contributed by atoms with E-state index in [9.17, 15) is 9.59 Å². The third kappa shape index (κ3) is 20.2. The van der Waals surface area contributed by atoms with Crippen molar-refractivity contribution in [3.63, 3.8) is 0 Å². The maximum Gasteiger partial charge on any atom is 0.309 e. The zero-order chi connectivity index (χ0) is 21.4. The first-order chi connectivity index (χ1) is 13.2. The second-order valence-corrected chi connectivity index (χ2v) is 9.29. The second kappa shape index (κ2) is 18.0. The molecule has 5 nitrogen and oxygen atoms in total. The Hall–Kier alpha value is -0.810. The summed E-state index contributed by atoms with van der Waals surface area (Å²) in [6.45, 7) is 6.90. The highest BCUT2D eigenvalue weighted by atomic mass is 35.5. The quantitative estimate of drug-likeness (QED) is 0.199. The first-order valence-corrected chi connectivity index (χ1v) is 11.3. The van der Waals surface area contributed by atoms with Crippen molar-refractivity contribution in [2.24, 2.45) is 5.92 Å². The van der Waals surface area contributed by atoms with Gasteiger partial charge < -0.3 is 26.4 Å². The van der Waals surface area contributed by atoms with Gasteiger partial charge in [-0.15, -0.1) is 0 Å². The summed E-state index contributed by atoms with van der Waals surface area (Å²) in [5, 5.41) is 0. The fourth-order valence-corrected chi connectivity index (χ4v) is 3.08. The van der Waals surface area contributed by atoms with Crippen molar-refractivity contribution in [3.05, 3.63) is 0 Å². The monoisotopic (exact) mass is 435 g/mol. The zero-order valence-electron chi connectivity index (χ0n) is 19.8. The lowest BCUT2D eigenvalue weighted by Gasteiger charge is -2.29. The van der Waals surface area contributed by atoms with Crippen molar-refractivity contribution >= 4 is 11.9 Å². The van der Waals surface area contributed by atoms with E-state index in [0.29, 0.717) is 17.6 Å². The van der Waals surface area contributed by atoms with Crippen LogP contribution in [0.2, 0.25) is 0 Å². The van der Waals surface area contributed by atoms with Crippen LogP contribution in [0.3, 0.4) is 0 Å². The molecule has 0 aromatic carbocycles. The van der Waals surface area contributed by atoms with Crippen LogP contribution < -0.4 is 12.4 Å². The number of carbonyl (C=O) groups is 2. The number of quaternary nitrogens is 1. The van der Waals surface area contributed by atoms with E-state index in [1.165, 1.54) is 51.4 Å². The van der Waals surface area contributed by atoms with E-state index < -0.39 is 6.10 Å². The fraction of sp³-hybridized carbons (Fsp3) is 0.913. The molecule has 0 amide bonds. The Morgan fingerprint density at radius 2 is 1.31 bits per heavy atom. The van der Waals surface area contributed by atoms with Crippen LogP contribution in [0.25, 0.3) is 0 Å². The number of hydrogen-bond acceptors (Lipinski definition) is 4. The predicted molar refractivity (Wildman–Crippen MR) is 115 cm³/mol. The lowest BCUT2D eigenvalue weighted by Crippen LogP contribution is -3.00. The van der Waals surface area contributed by atoms with Gasteiger partial charge in [0.1, 0.15) is 6.54 Å². The molecule has 1 atom stereocenters. The number of esters is 2. The SMILES string of the molecule is CCCCCCCCCCCCOC(=O)C[C@H](C[N+](C)(C)C)OC(=O)C(C)C.[Cl-]. The van der Waals surface area contributed by atoms with Crippen molar-refractivity contribution in [3.8, 4) is 0 Å². The van der Waals surface area contributed by atoms with Crippen molar-refractivity contribution in [2.45, 2.75) is 97.5 Å². The molecule has 0 fully saturated rings. The van der Waals surface area contributed by atoms with Crippen LogP contribution in [0, 0.1) is 5.92 Å². The Balaban J connectivity index is 0. The van der Waals surface area contributed by atoms with Crippen LogP contribution >= 0.6 is 0 Å². The van der Waals surface area contributed by atoms with Crippen LogP contribution in [0.5, 0.6) is 0 Å². The Kier molecular flexibility index (Phi) is 18.9. The molecule has 0 saturated carbocycles. The molecule has 0 N–H and O–H groups in total. The number of ether oxygens (including phenoxy) is 2. The van der Waals surface area contributed by atoms with E-state index >= 15 is 0 Å². The smallest absolute Gasteiger partial charge is 0.309 e. The first-order valence-electron chi connectivity index (χ1n) is 11.3. The molecule has 0 aliphatic carbocycles. The van der Waals surface area contributed by atoms with Gasteiger partial charge in [0, 0.05) is 0 Å². The average molecular weight is 436 g/mol. The van der Waals surface area contributed by atoms with E-state index in [1.54, 1.807) is 13.8 Å². The molecular weight excluding hydrogens is 390 g/mol. The molecule has 174 valence electrons. The lowest BCUT2D eigenvalue weighted by atomic mass is 10.1. The molecule has 0 heterocycles. The molecule has 0 spiro atoms. The Labute approximate surface area is 185 Å². The standard InChI is InChI=1S/C23H46NO4.ClH/c1-7-8-9-10-11-12-13-14-15-16-17-27-22(25)18-21(19-24(4,5)6)28-23(26)20(2)3;/h20-21H,7-19H2,1-6H3;1H/q+1;/p-1/t21-;/m1./s1. The van der Waals surface area contributed by atoms with Crippen LogP contribution in [-0.4, -0.2) is 56.8 Å². The summed E-state index contributed by atoms with van der Waals surface area (Å²) in [6, 6.07) is 0. The summed E-state index contributed by atoms with van der Waals surface area (Å²) in [5.41, 5.74) is 0. The summed E-state index contributed by atoms with van der Waals surface area (Å²) in [5.74, 6) is -0.732. The molecule has 0 rings (SSSR count). The molecule has 6 heteroatoms. The highest BCUT2D eigenvalue weighted by Gasteiger charge is 2.26. The third-order valence-corrected chi connectivity index (χ3v) is 4.66. The van der Waals surface area contributed by atoms with E-state index in [2.05, 4.69) is 6.92 Å². The average Bonchev–Trinajstić information content (AvgIpc) is 2.58. The van der Waals surface area contributed by atoms with Gasteiger partial charge in [-0.05, 0) is 6.42 Å².